The number of imidazole rings is 1. The van der Waals surface area contributed by atoms with E-state index in [0.717, 1.165) is 42.0 Å². The van der Waals surface area contributed by atoms with Gasteiger partial charge in [-0.2, -0.15) is 11.8 Å². The van der Waals surface area contributed by atoms with Crippen LogP contribution in [-0.4, -0.2) is 32.6 Å². The van der Waals surface area contributed by atoms with Gasteiger partial charge in [0.05, 0.1) is 16.6 Å². The van der Waals surface area contributed by atoms with Crippen LogP contribution < -0.4 is 0 Å². The van der Waals surface area contributed by atoms with Crippen molar-refractivity contribution in [1.82, 2.24) is 9.55 Å². The highest BCUT2D eigenvalue weighted by Crippen LogP contribution is 2.22. The molecular weight excluding hydrogens is 260 g/mol. The molecule has 0 radical (unpaired) electrons. The minimum Gasteiger partial charge on any atom is -0.478 e. The Labute approximate surface area is 116 Å². The lowest BCUT2D eigenvalue weighted by Gasteiger charge is -2.09. The minimum absolute atomic E-state index is 0.342. The van der Waals surface area contributed by atoms with Gasteiger partial charge < -0.3 is 9.67 Å². The first-order valence-corrected chi connectivity index (χ1v) is 7.78. The lowest BCUT2D eigenvalue weighted by atomic mass is 10.2. The van der Waals surface area contributed by atoms with E-state index in [1.807, 2.05) is 13.0 Å². The predicted molar refractivity (Wildman–Crippen MR) is 79.1 cm³/mol. The average molecular weight is 278 g/mol. The standard InChI is InChI=1S/C14H18N2O2S/c1-3-12-15-11-7-4-6-10(14(17)18)13(11)16(12)8-5-9-19-2/h4,6-7H,3,5,8-9H2,1-2H3,(H,17,18). The van der Waals surface area contributed by atoms with E-state index in [1.165, 1.54) is 0 Å². The first kappa shape index (κ1) is 13.9. The number of hydrogen-bond acceptors (Lipinski definition) is 3. The number of fused-ring (bicyclic) bond motifs is 1. The molecule has 1 heterocycles. The van der Waals surface area contributed by atoms with Crippen molar-refractivity contribution >= 4 is 28.8 Å². The van der Waals surface area contributed by atoms with Gasteiger partial charge in [0, 0.05) is 13.0 Å². The summed E-state index contributed by atoms with van der Waals surface area (Å²) in [5.74, 6) is 1.14. The molecule has 0 unspecified atom stereocenters. The average Bonchev–Trinajstić information content (AvgIpc) is 2.77. The van der Waals surface area contributed by atoms with Crippen LogP contribution in [0, 0.1) is 0 Å². The number of aromatic carboxylic acids is 1. The summed E-state index contributed by atoms with van der Waals surface area (Å²) in [5.41, 5.74) is 1.88. The monoisotopic (exact) mass is 278 g/mol. The molecule has 1 aromatic heterocycles. The second kappa shape index (κ2) is 6.10. The minimum atomic E-state index is -0.890. The number of benzene rings is 1. The zero-order valence-corrected chi connectivity index (χ0v) is 12.0. The molecule has 19 heavy (non-hydrogen) atoms. The van der Waals surface area contributed by atoms with E-state index in [9.17, 15) is 9.90 Å². The number of aryl methyl sites for hydroxylation is 2. The molecule has 0 bridgehead atoms. The molecule has 4 nitrogen and oxygen atoms in total. The van der Waals surface area contributed by atoms with E-state index in [4.69, 9.17) is 0 Å². The first-order chi connectivity index (χ1) is 9.19. The van der Waals surface area contributed by atoms with E-state index in [0.29, 0.717) is 5.56 Å². The van der Waals surface area contributed by atoms with E-state index in [1.54, 1.807) is 23.9 Å². The maximum atomic E-state index is 11.3. The Bertz CT molecular complexity index is 592. The maximum absolute atomic E-state index is 11.3. The van der Waals surface area contributed by atoms with Crippen LogP contribution in [0.4, 0.5) is 0 Å². The molecule has 0 atom stereocenters. The van der Waals surface area contributed by atoms with Crippen LogP contribution in [0.15, 0.2) is 18.2 Å². The summed E-state index contributed by atoms with van der Waals surface area (Å²) in [6.45, 7) is 2.87. The second-order valence-electron chi connectivity index (χ2n) is 4.36. The van der Waals surface area contributed by atoms with Crippen LogP contribution in [0.5, 0.6) is 0 Å². The third-order valence-corrected chi connectivity index (χ3v) is 3.82. The number of para-hydroxylation sites is 1. The summed E-state index contributed by atoms with van der Waals surface area (Å²) >= 11 is 1.80. The summed E-state index contributed by atoms with van der Waals surface area (Å²) in [6.07, 6.45) is 3.91. The van der Waals surface area contributed by atoms with Gasteiger partial charge in [-0.15, -0.1) is 0 Å². The van der Waals surface area contributed by atoms with Crippen molar-refractivity contribution < 1.29 is 9.90 Å². The molecule has 2 aromatic rings. The SMILES string of the molecule is CCc1nc2cccc(C(=O)O)c2n1CCCSC. The predicted octanol–water partition coefficient (Wildman–Crippen LogP) is 3.05. The Hall–Kier alpha value is -1.49. The quantitative estimate of drug-likeness (QED) is 0.825. The Morgan fingerprint density at radius 3 is 2.89 bits per heavy atom. The molecular formula is C14H18N2O2S. The Morgan fingerprint density at radius 2 is 2.26 bits per heavy atom. The second-order valence-corrected chi connectivity index (χ2v) is 5.34. The molecule has 1 N–H and O–H groups in total. The normalized spacial score (nSPS) is 11.1. The van der Waals surface area contributed by atoms with E-state index in [2.05, 4.69) is 15.8 Å². The first-order valence-electron chi connectivity index (χ1n) is 6.39. The summed E-state index contributed by atoms with van der Waals surface area (Å²) in [5, 5.41) is 9.32. The van der Waals surface area contributed by atoms with Crippen molar-refractivity contribution in [1.29, 1.82) is 0 Å². The molecule has 0 saturated heterocycles. The third-order valence-electron chi connectivity index (χ3n) is 3.12. The van der Waals surface area contributed by atoms with Crippen LogP contribution >= 0.6 is 11.8 Å². The molecule has 2 rings (SSSR count). The van der Waals surface area contributed by atoms with Gasteiger partial charge in [0.25, 0.3) is 0 Å². The zero-order valence-electron chi connectivity index (χ0n) is 11.2. The van der Waals surface area contributed by atoms with Crippen LogP contribution in [0.1, 0.15) is 29.5 Å². The Morgan fingerprint density at radius 1 is 1.47 bits per heavy atom. The molecule has 0 spiro atoms. The topological polar surface area (TPSA) is 55.1 Å². The van der Waals surface area contributed by atoms with Gasteiger partial charge in [0.15, 0.2) is 0 Å². The van der Waals surface area contributed by atoms with Gasteiger partial charge in [0.1, 0.15) is 5.82 Å². The maximum Gasteiger partial charge on any atom is 0.337 e. The number of hydrogen-bond donors (Lipinski definition) is 1. The van der Waals surface area contributed by atoms with Crippen molar-refractivity contribution in [3.05, 3.63) is 29.6 Å². The fourth-order valence-electron chi connectivity index (χ4n) is 2.28. The van der Waals surface area contributed by atoms with Crippen LogP contribution in [0.2, 0.25) is 0 Å². The highest BCUT2D eigenvalue weighted by atomic mass is 32.2. The fourth-order valence-corrected chi connectivity index (χ4v) is 2.70. The Kier molecular flexibility index (Phi) is 4.47. The van der Waals surface area contributed by atoms with Gasteiger partial charge in [-0.25, -0.2) is 9.78 Å². The fraction of sp³-hybridized carbons (Fsp3) is 0.429. The number of carboxylic acid groups (broad SMARTS) is 1. The van der Waals surface area contributed by atoms with Gasteiger partial charge >= 0.3 is 5.97 Å². The van der Waals surface area contributed by atoms with Crippen LogP contribution in [0.3, 0.4) is 0 Å². The largest absolute Gasteiger partial charge is 0.478 e. The number of thioether (sulfide) groups is 1. The highest BCUT2D eigenvalue weighted by molar-refractivity contribution is 7.98. The van der Waals surface area contributed by atoms with Crippen molar-refractivity contribution in [2.75, 3.05) is 12.0 Å². The van der Waals surface area contributed by atoms with Gasteiger partial charge in [-0.3, -0.25) is 0 Å². The summed E-state index contributed by atoms with van der Waals surface area (Å²) in [4.78, 5) is 15.9. The van der Waals surface area contributed by atoms with Crippen molar-refractivity contribution in [2.24, 2.45) is 0 Å². The molecule has 5 heteroatoms. The molecule has 0 saturated carbocycles. The number of rotatable bonds is 6. The van der Waals surface area contributed by atoms with Gasteiger partial charge in [-0.05, 0) is 30.6 Å². The molecule has 0 fully saturated rings. The van der Waals surface area contributed by atoms with E-state index in [-0.39, 0.29) is 0 Å². The van der Waals surface area contributed by atoms with Gasteiger partial charge in [0.2, 0.25) is 0 Å². The number of nitrogens with zero attached hydrogens (tertiary/aromatic N) is 2. The van der Waals surface area contributed by atoms with Gasteiger partial charge in [-0.1, -0.05) is 13.0 Å². The molecule has 0 aliphatic carbocycles. The molecule has 0 aliphatic rings. The summed E-state index contributed by atoms with van der Waals surface area (Å²) in [7, 11) is 0. The van der Waals surface area contributed by atoms with E-state index < -0.39 is 5.97 Å². The molecule has 102 valence electrons. The number of aromatic nitrogens is 2. The summed E-state index contributed by atoms with van der Waals surface area (Å²) in [6, 6.07) is 5.29. The number of carboxylic acids is 1. The summed E-state index contributed by atoms with van der Waals surface area (Å²) < 4.78 is 2.06. The molecule has 1 aromatic carbocycles. The lowest BCUT2D eigenvalue weighted by molar-refractivity contribution is 0.0698. The lowest BCUT2D eigenvalue weighted by Crippen LogP contribution is -2.07. The zero-order chi connectivity index (χ0) is 13.8. The molecule has 0 aliphatic heterocycles. The van der Waals surface area contributed by atoms with Crippen molar-refractivity contribution in [3.8, 4) is 0 Å². The van der Waals surface area contributed by atoms with Crippen LogP contribution in [0.25, 0.3) is 11.0 Å². The smallest absolute Gasteiger partial charge is 0.337 e. The third kappa shape index (κ3) is 2.76. The van der Waals surface area contributed by atoms with E-state index >= 15 is 0 Å². The van der Waals surface area contributed by atoms with Crippen molar-refractivity contribution in [2.45, 2.75) is 26.3 Å². The van der Waals surface area contributed by atoms with Crippen LogP contribution in [-0.2, 0) is 13.0 Å². The van der Waals surface area contributed by atoms with Crippen molar-refractivity contribution in [3.63, 3.8) is 0 Å². The highest BCUT2D eigenvalue weighted by Gasteiger charge is 2.16. The molecule has 0 amide bonds. The Balaban J connectivity index is 2.53. The number of carbonyl (C=O) groups is 1.